The number of rotatable bonds is 0. The van der Waals surface area contributed by atoms with Gasteiger partial charge in [0.05, 0.1) is 11.0 Å². The van der Waals surface area contributed by atoms with Crippen LogP contribution in [0, 0.1) is 0 Å². The predicted molar refractivity (Wildman–Crippen MR) is 53.0 cm³/mol. The SMILES string of the molecule is O=c1[nH]c2cccc3ccn(c1=O)c32. The lowest BCUT2D eigenvalue weighted by atomic mass is 10.2. The third-order valence-electron chi connectivity index (χ3n) is 2.37. The highest BCUT2D eigenvalue weighted by Crippen LogP contribution is 2.16. The first-order valence-electron chi connectivity index (χ1n) is 4.23. The zero-order valence-corrected chi connectivity index (χ0v) is 7.15. The normalized spacial score (nSPS) is 11.4. The molecule has 0 atom stereocenters. The van der Waals surface area contributed by atoms with E-state index in [4.69, 9.17) is 0 Å². The number of nitrogens with one attached hydrogen (secondary N) is 1. The largest absolute Gasteiger partial charge is 0.320 e. The summed E-state index contributed by atoms with van der Waals surface area (Å²) >= 11 is 0. The molecule has 3 rings (SSSR count). The van der Waals surface area contributed by atoms with Crippen LogP contribution < -0.4 is 11.1 Å². The van der Waals surface area contributed by atoms with Gasteiger partial charge in [0, 0.05) is 11.6 Å². The number of para-hydroxylation sites is 1. The summed E-state index contributed by atoms with van der Waals surface area (Å²) in [5, 5.41) is 0.954. The molecule has 0 spiro atoms. The van der Waals surface area contributed by atoms with Crippen LogP contribution in [-0.2, 0) is 0 Å². The Kier molecular flexibility index (Phi) is 1.16. The molecule has 0 aliphatic carbocycles. The monoisotopic (exact) mass is 186 g/mol. The van der Waals surface area contributed by atoms with Crippen LogP contribution in [0.4, 0.5) is 0 Å². The molecular weight excluding hydrogens is 180 g/mol. The summed E-state index contributed by atoms with van der Waals surface area (Å²) in [7, 11) is 0. The minimum absolute atomic E-state index is 0.529. The van der Waals surface area contributed by atoms with Crippen molar-refractivity contribution in [1.29, 1.82) is 0 Å². The van der Waals surface area contributed by atoms with Gasteiger partial charge in [-0.25, -0.2) is 0 Å². The highest BCUT2D eigenvalue weighted by Gasteiger charge is 2.06. The van der Waals surface area contributed by atoms with E-state index in [1.807, 2.05) is 18.2 Å². The number of aromatic amines is 1. The second kappa shape index (κ2) is 2.23. The van der Waals surface area contributed by atoms with Crippen LogP contribution in [0.1, 0.15) is 0 Å². The van der Waals surface area contributed by atoms with Crippen LogP contribution >= 0.6 is 0 Å². The summed E-state index contributed by atoms with van der Waals surface area (Å²) in [4.78, 5) is 25.2. The second-order valence-corrected chi connectivity index (χ2v) is 3.19. The molecule has 3 aromatic rings. The van der Waals surface area contributed by atoms with E-state index in [0.29, 0.717) is 5.52 Å². The predicted octanol–water partition coefficient (Wildman–Crippen LogP) is 0.579. The fourth-order valence-electron chi connectivity index (χ4n) is 1.75. The van der Waals surface area contributed by atoms with Crippen molar-refractivity contribution in [2.45, 2.75) is 0 Å². The Morgan fingerprint density at radius 2 is 2.00 bits per heavy atom. The van der Waals surface area contributed by atoms with Crippen LogP contribution in [0.2, 0.25) is 0 Å². The Bertz CT molecular complexity index is 724. The molecule has 0 radical (unpaired) electrons. The van der Waals surface area contributed by atoms with Crippen LogP contribution in [-0.4, -0.2) is 9.38 Å². The third kappa shape index (κ3) is 0.724. The summed E-state index contributed by atoms with van der Waals surface area (Å²) in [6.45, 7) is 0. The van der Waals surface area contributed by atoms with E-state index in [2.05, 4.69) is 4.98 Å². The summed E-state index contributed by atoms with van der Waals surface area (Å²) in [5.74, 6) is 0. The molecule has 0 aliphatic heterocycles. The molecule has 68 valence electrons. The molecule has 0 unspecified atom stereocenters. The van der Waals surface area contributed by atoms with Gasteiger partial charge in [-0.2, -0.15) is 0 Å². The van der Waals surface area contributed by atoms with Crippen molar-refractivity contribution in [2.75, 3.05) is 0 Å². The lowest BCUT2D eigenvalue weighted by molar-refractivity contribution is 1.05. The standard InChI is InChI=1S/C10H6N2O2/c13-9-10(14)12-5-4-6-2-1-3-7(11-9)8(6)12/h1-5H,(H,11,13). The van der Waals surface area contributed by atoms with Crippen molar-refractivity contribution in [3.8, 4) is 0 Å². The van der Waals surface area contributed by atoms with Crippen molar-refractivity contribution in [1.82, 2.24) is 9.38 Å². The molecule has 2 heterocycles. The Morgan fingerprint density at radius 3 is 2.86 bits per heavy atom. The fraction of sp³-hybridized carbons (Fsp3) is 0. The van der Waals surface area contributed by atoms with Gasteiger partial charge in [0.25, 0.3) is 0 Å². The topological polar surface area (TPSA) is 54.3 Å². The smallest absolute Gasteiger partial charge is 0.316 e. The molecule has 4 nitrogen and oxygen atoms in total. The van der Waals surface area contributed by atoms with Crippen LogP contribution in [0.15, 0.2) is 40.1 Å². The number of hydrogen-bond donors (Lipinski definition) is 1. The van der Waals surface area contributed by atoms with E-state index in [0.717, 1.165) is 10.9 Å². The van der Waals surface area contributed by atoms with E-state index in [9.17, 15) is 9.59 Å². The molecule has 1 aromatic carbocycles. The van der Waals surface area contributed by atoms with Crippen LogP contribution in [0.5, 0.6) is 0 Å². The fourth-order valence-corrected chi connectivity index (χ4v) is 1.75. The molecule has 0 aliphatic rings. The van der Waals surface area contributed by atoms with Crippen molar-refractivity contribution in [3.05, 3.63) is 51.2 Å². The Balaban J connectivity index is 2.85. The molecule has 0 amide bonds. The molecule has 2 aromatic heterocycles. The average molecular weight is 186 g/mol. The third-order valence-corrected chi connectivity index (χ3v) is 2.37. The first kappa shape index (κ1) is 7.32. The van der Waals surface area contributed by atoms with Crippen molar-refractivity contribution >= 4 is 16.4 Å². The van der Waals surface area contributed by atoms with Crippen molar-refractivity contribution in [3.63, 3.8) is 0 Å². The van der Waals surface area contributed by atoms with Gasteiger partial charge in [-0.1, -0.05) is 12.1 Å². The first-order valence-corrected chi connectivity index (χ1v) is 4.23. The summed E-state index contributed by atoms with van der Waals surface area (Å²) in [6.07, 6.45) is 1.62. The van der Waals surface area contributed by atoms with Gasteiger partial charge in [-0.05, 0) is 12.1 Å². The van der Waals surface area contributed by atoms with Crippen molar-refractivity contribution in [2.24, 2.45) is 0 Å². The minimum Gasteiger partial charge on any atom is -0.316 e. The lowest BCUT2D eigenvalue weighted by Crippen LogP contribution is -2.31. The maximum atomic E-state index is 11.4. The van der Waals surface area contributed by atoms with Gasteiger partial charge in [0.1, 0.15) is 0 Å². The van der Waals surface area contributed by atoms with Crippen molar-refractivity contribution < 1.29 is 0 Å². The highest BCUT2D eigenvalue weighted by atomic mass is 16.2. The lowest BCUT2D eigenvalue weighted by Gasteiger charge is -1.97. The number of hydrogen-bond acceptors (Lipinski definition) is 2. The quantitative estimate of drug-likeness (QED) is 0.522. The maximum absolute atomic E-state index is 11.4. The molecule has 0 bridgehead atoms. The molecule has 4 heteroatoms. The average Bonchev–Trinajstić information content (AvgIpc) is 2.60. The molecule has 14 heavy (non-hydrogen) atoms. The van der Waals surface area contributed by atoms with E-state index in [1.54, 1.807) is 12.3 Å². The number of benzene rings is 1. The minimum atomic E-state index is -0.582. The Hall–Kier alpha value is -2.10. The van der Waals surface area contributed by atoms with E-state index in [1.165, 1.54) is 4.40 Å². The zero-order chi connectivity index (χ0) is 9.71. The number of nitrogens with zero attached hydrogens (tertiary/aromatic N) is 1. The van der Waals surface area contributed by atoms with Gasteiger partial charge < -0.3 is 4.98 Å². The van der Waals surface area contributed by atoms with Gasteiger partial charge in [-0.15, -0.1) is 0 Å². The molecule has 0 saturated heterocycles. The summed E-state index contributed by atoms with van der Waals surface area (Å²) in [5.41, 5.74) is 0.356. The Labute approximate surface area is 77.8 Å². The first-order chi connectivity index (χ1) is 6.77. The van der Waals surface area contributed by atoms with Gasteiger partial charge >= 0.3 is 11.1 Å². The molecule has 1 N–H and O–H groups in total. The number of aromatic nitrogens is 2. The van der Waals surface area contributed by atoms with Crippen LogP contribution in [0.25, 0.3) is 16.4 Å². The summed E-state index contributed by atoms with van der Waals surface area (Å²) in [6, 6.07) is 7.35. The zero-order valence-electron chi connectivity index (χ0n) is 7.15. The molecule has 0 saturated carbocycles. The van der Waals surface area contributed by atoms with Gasteiger partial charge in [0.2, 0.25) is 0 Å². The summed E-state index contributed by atoms with van der Waals surface area (Å²) < 4.78 is 1.38. The van der Waals surface area contributed by atoms with Crippen LogP contribution in [0.3, 0.4) is 0 Å². The second-order valence-electron chi connectivity index (χ2n) is 3.19. The highest BCUT2D eigenvalue weighted by molar-refractivity contribution is 5.93. The molecular formula is C10H6N2O2. The van der Waals surface area contributed by atoms with E-state index >= 15 is 0 Å². The number of H-pyrrole nitrogens is 1. The van der Waals surface area contributed by atoms with E-state index < -0.39 is 11.1 Å². The van der Waals surface area contributed by atoms with E-state index in [-0.39, 0.29) is 0 Å². The molecule has 0 fully saturated rings. The Morgan fingerprint density at radius 1 is 1.14 bits per heavy atom. The van der Waals surface area contributed by atoms with Gasteiger partial charge in [-0.3, -0.25) is 14.0 Å². The van der Waals surface area contributed by atoms with Gasteiger partial charge in [0.15, 0.2) is 0 Å². The maximum Gasteiger partial charge on any atom is 0.320 e.